The molecule has 0 saturated heterocycles. The van der Waals surface area contributed by atoms with Crippen LogP contribution in [0, 0.1) is 5.82 Å². The van der Waals surface area contributed by atoms with Crippen molar-refractivity contribution < 1.29 is 18.0 Å². The van der Waals surface area contributed by atoms with E-state index in [1.165, 1.54) is 12.1 Å². The maximum absolute atomic E-state index is 13.5. The molecule has 0 saturated carbocycles. The smallest absolute Gasteiger partial charge is 0.276 e. The number of aromatic nitrogens is 2. The molecule has 1 aromatic heterocycles. The van der Waals surface area contributed by atoms with Crippen LogP contribution in [-0.2, 0) is 13.0 Å². The van der Waals surface area contributed by atoms with E-state index in [9.17, 15) is 18.0 Å². The van der Waals surface area contributed by atoms with E-state index >= 15 is 0 Å². The van der Waals surface area contributed by atoms with E-state index in [1.54, 1.807) is 0 Å². The third kappa shape index (κ3) is 3.73. The van der Waals surface area contributed by atoms with Gasteiger partial charge in [0.15, 0.2) is 5.69 Å². The number of hydrogen-bond acceptors (Lipinski definition) is 4. The number of amides is 1. The maximum atomic E-state index is 13.5. The van der Waals surface area contributed by atoms with Gasteiger partial charge >= 0.3 is 0 Å². The summed E-state index contributed by atoms with van der Waals surface area (Å²) in [6.45, 7) is 1.32. The molecule has 0 radical (unpaired) electrons. The lowest BCUT2D eigenvalue weighted by Gasteiger charge is -2.14. The Morgan fingerprint density at radius 1 is 1.42 bits per heavy atom. The molecule has 2 heterocycles. The fourth-order valence-corrected chi connectivity index (χ4v) is 3.21. The average Bonchev–Trinajstić information content (AvgIpc) is 2.98. The second kappa shape index (κ2) is 7.27. The van der Waals surface area contributed by atoms with Gasteiger partial charge in [-0.3, -0.25) is 9.89 Å². The molecule has 0 unspecified atom stereocenters. The van der Waals surface area contributed by atoms with Crippen molar-refractivity contribution in [2.75, 3.05) is 17.6 Å². The number of H-pyrrole nitrogens is 1. The van der Waals surface area contributed by atoms with Crippen LogP contribution in [0.3, 0.4) is 0 Å². The quantitative estimate of drug-likeness (QED) is 0.721. The molecule has 0 fully saturated rings. The third-order valence-corrected chi connectivity index (χ3v) is 4.66. The van der Waals surface area contributed by atoms with Crippen LogP contribution >= 0.6 is 11.8 Å². The Hall–Kier alpha value is -2.00. The topological polar surface area (TPSA) is 69.8 Å². The molecule has 24 heavy (non-hydrogen) atoms. The number of alkyl halides is 2. The van der Waals surface area contributed by atoms with Gasteiger partial charge < -0.3 is 10.6 Å². The van der Waals surface area contributed by atoms with Gasteiger partial charge in [-0.1, -0.05) is 0 Å². The highest BCUT2D eigenvalue weighted by molar-refractivity contribution is 7.99. The number of anilines is 1. The predicted molar refractivity (Wildman–Crippen MR) is 85.1 cm³/mol. The maximum Gasteiger partial charge on any atom is 0.276 e. The minimum absolute atomic E-state index is 0.158. The summed E-state index contributed by atoms with van der Waals surface area (Å²) < 4.78 is 38.3. The lowest BCUT2D eigenvalue weighted by atomic mass is 10.1. The minimum Gasteiger partial charge on any atom is -0.319 e. The van der Waals surface area contributed by atoms with Gasteiger partial charge in [0.1, 0.15) is 5.82 Å². The largest absolute Gasteiger partial charge is 0.319 e. The number of carbonyl (C=O) groups excluding carboxylic acids is 1. The SMILES string of the molecule is O=C(Nc1cc(F)ccc1SCC(F)F)c1n[nH]c2c1CNCC2. The minimum atomic E-state index is -2.49. The fraction of sp³-hybridized carbons (Fsp3) is 0.333. The number of nitrogens with one attached hydrogen (secondary N) is 3. The van der Waals surface area contributed by atoms with E-state index in [4.69, 9.17) is 0 Å². The summed E-state index contributed by atoms with van der Waals surface area (Å²) in [5, 5.41) is 12.6. The van der Waals surface area contributed by atoms with E-state index in [2.05, 4.69) is 20.8 Å². The van der Waals surface area contributed by atoms with E-state index in [-0.39, 0.29) is 11.4 Å². The Kier molecular flexibility index (Phi) is 5.10. The van der Waals surface area contributed by atoms with Crippen LogP contribution in [0.15, 0.2) is 23.1 Å². The van der Waals surface area contributed by atoms with Gasteiger partial charge in [0, 0.05) is 35.7 Å². The van der Waals surface area contributed by atoms with Crippen LogP contribution < -0.4 is 10.6 Å². The van der Waals surface area contributed by atoms with Gasteiger partial charge in [0.25, 0.3) is 5.91 Å². The van der Waals surface area contributed by atoms with Crippen molar-refractivity contribution in [1.29, 1.82) is 0 Å². The van der Waals surface area contributed by atoms with E-state index in [0.717, 1.165) is 42.1 Å². The Morgan fingerprint density at radius 2 is 2.25 bits per heavy atom. The highest BCUT2D eigenvalue weighted by Crippen LogP contribution is 2.30. The van der Waals surface area contributed by atoms with Gasteiger partial charge in [0.2, 0.25) is 6.43 Å². The summed E-state index contributed by atoms with van der Waals surface area (Å²) in [6, 6.07) is 3.66. The number of rotatable bonds is 5. The Labute approximate surface area is 140 Å². The summed E-state index contributed by atoms with van der Waals surface area (Å²) in [5.74, 6) is -1.49. The van der Waals surface area contributed by atoms with E-state index in [0.29, 0.717) is 11.4 Å². The first-order valence-electron chi connectivity index (χ1n) is 7.33. The standard InChI is InChI=1S/C15H15F3N4OS/c16-8-1-2-12(24-7-13(17)18)11(5-8)20-15(23)14-9-6-19-4-3-10(9)21-22-14/h1-2,5,13,19H,3-4,6-7H2,(H,20,23)(H,21,22). The lowest BCUT2D eigenvalue weighted by molar-refractivity contribution is 0.102. The molecule has 128 valence electrons. The molecule has 1 aliphatic rings. The van der Waals surface area contributed by atoms with Crippen LogP contribution in [-0.4, -0.2) is 34.8 Å². The summed E-state index contributed by atoms with van der Waals surface area (Å²) in [4.78, 5) is 12.8. The molecule has 1 aromatic carbocycles. The van der Waals surface area contributed by atoms with Crippen molar-refractivity contribution >= 4 is 23.4 Å². The monoisotopic (exact) mass is 356 g/mol. The van der Waals surface area contributed by atoms with Crippen LogP contribution in [0.4, 0.5) is 18.9 Å². The predicted octanol–water partition coefficient (Wildman–Crippen LogP) is 2.80. The Balaban J connectivity index is 1.81. The highest BCUT2D eigenvalue weighted by Gasteiger charge is 2.22. The number of benzene rings is 1. The zero-order valence-corrected chi connectivity index (χ0v) is 13.4. The van der Waals surface area contributed by atoms with Crippen molar-refractivity contribution in [2.24, 2.45) is 0 Å². The molecular weight excluding hydrogens is 341 g/mol. The fourth-order valence-electron chi connectivity index (χ4n) is 2.47. The zero-order valence-electron chi connectivity index (χ0n) is 12.5. The number of carbonyl (C=O) groups is 1. The van der Waals surface area contributed by atoms with E-state index < -0.39 is 23.9 Å². The molecule has 5 nitrogen and oxygen atoms in total. The van der Waals surface area contributed by atoms with Gasteiger partial charge in [-0.2, -0.15) is 5.10 Å². The second-order valence-corrected chi connectivity index (χ2v) is 6.31. The molecule has 1 aliphatic heterocycles. The summed E-state index contributed by atoms with van der Waals surface area (Å²) >= 11 is 0.860. The first kappa shape index (κ1) is 16.8. The molecular formula is C15H15F3N4OS. The first-order chi connectivity index (χ1) is 11.5. The number of fused-ring (bicyclic) bond motifs is 1. The molecule has 0 aliphatic carbocycles. The van der Waals surface area contributed by atoms with Gasteiger partial charge in [-0.25, -0.2) is 13.2 Å². The lowest BCUT2D eigenvalue weighted by Crippen LogP contribution is -2.25. The van der Waals surface area contributed by atoms with Crippen LogP contribution in [0.2, 0.25) is 0 Å². The normalized spacial score (nSPS) is 13.8. The Bertz CT molecular complexity index is 750. The van der Waals surface area contributed by atoms with Gasteiger partial charge in [-0.05, 0) is 18.2 Å². The summed E-state index contributed by atoms with van der Waals surface area (Å²) in [7, 11) is 0. The molecule has 3 N–H and O–H groups in total. The van der Waals surface area contributed by atoms with Crippen molar-refractivity contribution in [2.45, 2.75) is 24.3 Å². The Morgan fingerprint density at radius 3 is 3.04 bits per heavy atom. The zero-order chi connectivity index (χ0) is 17.1. The van der Waals surface area contributed by atoms with Crippen molar-refractivity contribution in [3.63, 3.8) is 0 Å². The number of hydrogen-bond donors (Lipinski definition) is 3. The molecule has 0 spiro atoms. The highest BCUT2D eigenvalue weighted by atomic mass is 32.2. The first-order valence-corrected chi connectivity index (χ1v) is 8.32. The number of halogens is 3. The summed E-state index contributed by atoms with van der Waals surface area (Å²) in [5.41, 5.74) is 2.06. The second-order valence-electron chi connectivity index (χ2n) is 5.25. The number of thioether (sulfide) groups is 1. The van der Waals surface area contributed by atoms with Gasteiger partial charge in [0.05, 0.1) is 11.4 Å². The molecule has 9 heteroatoms. The van der Waals surface area contributed by atoms with Crippen molar-refractivity contribution in [3.05, 3.63) is 41.0 Å². The molecule has 0 bridgehead atoms. The van der Waals surface area contributed by atoms with Crippen molar-refractivity contribution in [3.8, 4) is 0 Å². The van der Waals surface area contributed by atoms with E-state index in [1.807, 2.05) is 0 Å². The summed E-state index contributed by atoms with van der Waals surface area (Å²) in [6.07, 6.45) is -1.75. The average molecular weight is 356 g/mol. The third-order valence-electron chi connectivity index (χ3n) is 3.58. The van der Waals surface area contributed by atoms with Crippen molar-refractivity contribution in [1.82, 2.24) is 15.5 Å². The van der Waals surface area contributed by atoms with Crippen LogP contribution in [0.1, 0.15) is 21.7 Å². The van der Waals surface area contributed by atoms with Crippen LogP contribution in [0.5, 0.6) is 0 Å². The molecule has 1 amide bonds. The number of nitrogens with zero attached hydrogens (tertiary/aromatic N) is 1. The molecule has 2 aromatic rings. The molecule has 0 atom stereocenters. The van der Waals surface area contributed by atoms with Crippen LogP contribution in [0.25, 0.3) is 0 Å². The molecule has 3 rings (SSSR count). The number of aromatic amines is 1. The van der Waals surface area contributed by atoms with Gasteiger partial charge in [-0.15, -0.1) is 11.8 Å².